The molecule has 0 saturated carbocycles. The van der Waals surface area contributed by atoms with Gasteiger partial charge >= 0.3 is 0 Å². The number of nitrogens with one attached hydrogen (secondary N) is 3. The van der Waals surface area contributed by atoms with Gasteiger partial charge in [0.15, 0.2) is 6.54 Å². The van der Waals surface area contributed by atoms with Gasteiger partial charge in [0.05, 0.1) is 45.3 Å². The molecule has 2 aromatic rings. The Labute approximate surface area is 178 Å². The molecule has 2 saturated heterocycles. The van der Waals surface area contributed by atoms with Crippen molar-refractivity contribution in [3.05, 3.63) is 71.8 Å². The predicted molar refractivity (Wildman–Crippen MR) is 115 cm³/mol. The minimum Gasteiger partial charge on any atom is -0.343 e. The minimum absolute atomic E-state index is 0.0894. The maximum absolute atomic E-state index is 12.6. The Kier molecular flexibility index (Phi) is 6.77. The van der Waals surface area contributed by atoms with Crippen LogP contribution >= 0.6 is 0 Å². The van der Waals surface area contributed by atoms with E-state index in [0.717, 1.165) is 44.7 Å². The highest BCUT2D eigenvalue weighted by Gasteiger charge is 2.30. The third kappa shape index (κ3) is 5.46. The van der Waals surface area contributed by atoms with Gasteiger partial charge in [-0.15, -0.1) is 0 Å². The van der Waals surface area contributed by atoms with Crippen LogP contribution in [0.15, 0.2) is 60.7 Å². The van der Waals surface area contributed by atoms with Gasteiger partial charge in [0.1, 0.15) is 6.54 Å². The zero-order chi connectivity index (χ0) is 20.8. The molecule has 2 fully saturated rings. The summed E-state index contributed by atoms with van der Waals surface area (Å²) in [4.78, 5) is 29.8. The Morgan fingerprint density at radius 3 is 2.27 bits per heavy atom. The van der Waals surface area contributed by atoms with Gasteiger partial charge in [0.2, 0.25) is 0 Å². The summed E-state index contributed by atoms with van der Waals surface area (Å²) >= 11 is 0. The quantitative estimate of drug-likeness (QED) is 0.575. The molecule has 6 heteroatoms. The molecule has 0 bridgehead atoms. The first-order valence-corrected chi connectivity index (χ1v) is 11.0. The molecule has 0 aliphatic carbocycles. The van der Waals surface area contributed by atoms with Crippen LogP contribution in [0.2, 0.25) is 0 Å². The van der Waals surface area contributed by atoms with E-state index in [4.69, 9.17) is 0 Å². The predicted octanol–water partition coefficient (Wildman–Crippen LogP) is -0.999. The third-order valence-corrected chi connectivity index (χ3v) is 6.23. The van der Waals surface area contributed by atoms with Crippen LogP contribution in [0.3, 0.4) is 0 Å². The Bertz CT molecular complexity index is 835. The lowest BCUT2D eigenvalue weighted by atomic mass is 10.2. The summed E-state index contributed by atoms with van der Waals surface area (Å²) < 4.78 is 0. The van der Waals surface area contributed by atoms with E-state index in [-0.39, 0.29) is 17.9 Å². The van der Waals surface area contributed by atoms with Crippen LogP contribution in [0, 0.1) is 0 Å². The Morgan fingerprint density at radius 1 is 0.900 bits per heavy atom. The zero-order valence-corrected chi connectivity index (χ0v) is 17.5. The molecule has 2 aliphatic heterocycles. The van der Waals surface area contributed by atoms with Crippen LogP contribution in [0.4, 0.5) is 0 Å². The highest BCUT2D eigenvalue weighted by Crippen LogP contribution is 2.04. The first kappa shape index (κ1) is 20.6. The number of nitrogens with zero attached hydrogens (tertiary/aromatic N) is 1. The molecule has 2 atom stereocenters. The van der Waals surface area contributed by atoms with Crippen molar-refractivity contribution in [1.82, 2.24) is 10.2 Å². The van der Waals surface area contributed by atoms with Crippen LogP contribution < -0.4 is 15.1 Å². The van der Waals surface area contributed by atoms with Gasteiger partial charge in [-0.3, -0.25) is 9.59 Å². The number of amides is 2. The molecule has 2 aromatic carbocycles. The van der Waals surface area contributed by atoms with Crippen molar-refractivity contribution in [3.63, 3.8) is 0 Å². The highest BCUT2D eigenvalue weighted by molar-refractivity contribution is 5.94. The number of carbonyl (C=O) groups excluding carboxylic acids is 2. The molecule has 158 valence electrons. The molecule has 3 N–H and O–H groups in total. The standard InChI is InChI=1S/C24H30N4O2/c29-23(25-22-11-12-27(18-22)17-20-7-3-1-4-8-20)19-26-13-15-28(16-14-26)24(30)21-9-5-2-6-10-21/h1-10,22H,11-19H2,(H,25,29)/p+2/t22-/m1/s1. The summed E-state index contributed by atoms with van der Waals surface area (Å²) in [5, 5.41) is 3.24. The fraction of sp³-hybridized carbons (Fsp3) is 0.417. The van der Waals surface area contributed by atoms with E-state index >= 15 is 0 Å². The van der Waals surface area contributed by atoms with Crippen molar-refractivity contribution >= 4 is 11.8 Å². The van der Waals surface area contributed by atoms with Gasteiger partial charge in [0.25, 0.3) is 11.8 Å². The summed E-state index contributed by atoms with van der Waals surface area (Å²) in [5.41, 5.74) is 2.09. The first-order valence-electron chi connectivity index (χ1n) is 11.0. The molecule has 30 heavy (non-hydrogen) atoms. The summed E-state index contributed by atoms with van der Waals surface area (Å²) in [6, 6.07) is 20.3. The number of carbonyl (C=O) groups is 2. The molecule has 4 rings (SSSR count). The molecule has 6 nitrogen and oxygen atoms in total. The summed E-state index contributed by atoms with van der Waals surface area (Å²) in [6.45, 7) is 6.67. The van der Waals surface area contributed by atoms with Gasteiger partial charge in [-0.05, 0) is 12.1 Å². The van der Waals surface area contributed by atoms with Crippen LogP contribution in [0.5, 0.6) is 0 Å². The third-order valence-electron chi connectivity index (χ3n) is 6.23. The lowest BCUT2D eigenvalue weighted by molar-refractivity contribution is -0.902. The molecular weight excluding hydrogens is 376 g/mol. The molecule has 2 amide bonds. The fourth-order valence-corrected chi connectivity index (χ4v) is 4.57. The topological polar surface area (TPSA) is 58.3 Å². The largest absolute Gasteiger partial charge is 0.343 e. The summed E-state index contributed by atoms with van der Waals surface area (Å²) in [7, 11) is 0. The maximum atomic E-state index is 12.6. The molecule has 2 heterocycles. The molecule has 1 unspecified atom stereocenters. The minimum atomic E-state index is 0.0894. The number of rotatable bonds is 6. The second-order valence-corrected chi connectivity index (χ2v) is 8.50. The van der Waals surface area contributed by atoms with Crippen LogP contribution in [-0.4, -0.2) is 68.6 Å². The Morgan fingerprint density at radius 2 is 1.57 bits per heavy atom. The number of likely N-dealkylation sites (tertiary alicyclic amines) is 1. The summed E-state index contributed by atoms with van der Waals surface area (Å²) in [6.07, 6.45) is 1.04. The van der Waals surface area contributed by atoms with Gasteiger partial charge in [-0.2, -0.15) is 0 Å². The number of piperazine rings is 1. The van der Waals surface area contributed by atoms with E-state index in [2.05, 4.69) is 29.6 Å². The monoisotopic (exact) mass is 408 g/mol. The molecule has 2 aliphatic rings. The fourth-order valence-electron chi connectivity index (χ4n) is 4.57. The SMILES string of the molecule is O=C(C[NH+]1CCN(C(=O)c2ccccc2)CC1)N[C@@H]1CC[NH+](Cc2ccccc2)C1. The van der Waals surface area contributed by atoms with E-state index in [1.54, 1.807) is 0 Å². The Balaban J connectivity index is 1.17. The van der Waals surface area contributed by atoms with Crippen molar-refractivity contribution in [2.45, 2.75) is 19.0 Å². The van der Waals surface area contributed by atoms with Gasteiger partial charge in [-0.1, -0.05) is 48.5 Å². The molecule has 0 radical (unpaired) electrons. The zero-order valence-electron chi connectivity index (χ0n) is 17.5. The lowest BCUT2D eigenvalue weighted by Gasteiger charge is -2.32. The number of hydrogen-bond donors (Lipinski definition) is 3. The molecule has 0 spiro atoms. The number of hydrogen-bond acceptors (Lipinski definition) is 2. The van der Waals surface area contributed by atoms with E-state index < -0.39 is 0 Å². The maximum Gasteiger partial charge on any atom is 0.275 e. The van der Waals surface area contributed by atoms with E-state index in [1.807, 2.05) is 41.3 Å². The van der Waals surface area contributed by atoms with Gasteiger partial charge in [0, 0.05) is 17.5 Å². The highest BCUT2D eigenvalue weighted by atomic mass is 16.2. The molecular formula is C24H32N4O2+2. The van der Waals surface area contributed by atoms with Gasteiger partial charge < -0.3 is 20.0 Å². The smallest absolute Gasteiger partial charge is 0.275 e. The second kappa shape index (κ2) is 9.87. The average Bonchev–Trinajstić information content (AvgIpc) is 3.21. The normalized spacial score (nSPS) is 22.1. The Hall–Kier alpha value is -2.70. The first-order chi connectivity index (χ1) is 14.7. The van der Waals surface area contributed by atoms with Crippen molar-refractivity contribution < 1.29 is 19.4 Å². The lowest BCUT2D eigenvalue weighted by Crippen LogP contribution is -3.16. The van der Waals surface area contributed by atoms with Crippen molar-refractivity contribution in [2.24, 2.45) is 0 Å². The number of quaternary nitrogens is 2. The average molecular weight is 409 g/mol. The van der Waals surface area contributed by atoms with Crippen molar-refractivity contribution in [1.29, 1.82) is 0 Å². The van der Waals surface area contributed by atoms with E-state index in [1.165, 1.54) is 15.4 Å². The van der Waals surface area contributed by atoms with Gasteiger partial charge in [-0.25, -0.2) is 0 Å². The van der Waals surface area contributed by atoms with Crippen LogP contribution in [-0.2, 0) is 11.3 Å². The van der Waals surface area contributed by atoms with Crippen LogP contribution in [0.1, 0.15) is 22.3 Å². The van der Waals surface area contributed by atoms with Crippen LogP contribution in [0.25, 0.3) is 0 Å². The van der Waals surface area contributed by atoms with Crippen molar-refractivity contribution in [3.8, 4) is 0 Å². The summed E-state index contributed by atoms with van der Waals surface area (Å²) in [5.74, 6) is 0.227. The number of benzene rings is 2. The second-order valence-electron chi connectivity index (χ2n) is 8.50. The van der Waals surface area contributed by atoms with E-state index in [0.29, 0.717) is 19.6 Å². The van der Waals surface area contributed by atoms with Crippen molar-refractivity contribution in [2.75, 3.05) is 45.8 Å². The van der Waals surface area contributed by atoms with E-state index in [9.17, 15) is 9.59 Å². The molecule has 0 aromatic heterocycles.